The first-order valence-electron chi connectivity index (χ1n) is 9.91. The minimum atomic E-state index is -2.79. The van der Waals surface area contributed by atoms with Crippen molar-refractivity contribution >= 4 is 9.24 Å². The number of nitrogens with zero attached hydrogens (tertiary/aromatic N) is 6. The molecule has 0 aliphatic rings. The zero-order valence-electron chi connectivity index (χ0n) is 17.7. The van der Waals surface area contributed by atoms with Gasteiger partial charge in [-0.3, -0.25) is 9.55 Å². The summed E-state index contributed by atoms with van der Waals surface area (Å²) in [5.41, 5.74) is -2.82. The summed E-state index contributed by atoms with van der Waals surface area (Å²) >= 11 is 0. The minimum absolute atomic E-state index is 0.309. The van der Waals surface area contributed by atoms with Crippen LogP contribution in [0.15, 0.2) is 61.3 Å². The van der Waals surface area contributed by atoms with Gasteiger partial charge in [-0.25, -0.2) is 17.9 Å². The third-order valence-corrected chi connectivity index (χ3v) is 5.96. The summed E-state index contributed by atoms with van der Waals surface area (Å²) in [5.74, 6) is 3.32. The van der Waals surface area contributed by atoms with E-state index in [0.717, 1.165) is 23.1 Å². The molecule has 13 heteroatoms. The largest absolute Gasteiger partial charge is 0.379 e. The first-order chi connectivity index (χ1) is 16.6. The van der Waals surface area contributed by atoms with Crippen LogP contribution in [0.25, 0.3) is 0 Å². The highest BCUT2D eigenvalue weighted by atomic mass is 31.0. The van der Waals surface area contributed by atoms with Crippen molar-refractivity contribution in [2.45, 2.75) is 24.1 Å². The molecule has 0 radical (unpaired) electrons. The third-order valence-electron chi connectivity index (χ3n) is 5.19. The highest BCUT2D eigenvalue weighted by molar-refractivity contribution is 7.18. The van der Waals surface area contributed by atoms with Gasteiger partial charge in [0.2, 0.25) is 0 Å². The van der Waals surface area contributed by atoms with Gasteiger partial charge >= 0.3 is 6.55 Å². The molecule has 0 saturated carbocycles. The van der Waals surface area contributed by atoms with Gasteiger partial charge in [-0.2, -0.15) is 8.78 Å². The zero-order chi connectivity index (χ0) is 25.2. The van der Waals surface area contributed by atoms with Crippen LogP contribution in [-0.4, -0.2) is 34.9 Å². The first-order valence-corrected chi connectivity index (χ1v) is 10.5. The lowest BCUT2D eigenvalue weighted by Gasteiger charge is -2.38. The van der Waals surface area contributed by atoms with Crippen molar-refractivity contribution in [2.75, 3.05) is 0 Å². The van der Waals surface area contributed by atoms with E-state index < -0.39 is 41.3 Å². The lowest BCUT2D eigenvalue weighted by Crippen LogP contribution is -2.47. The molecule has 0 aliphatic carbocycles. The third kappa shape index (κ3) is 4.92. The van der Waals surface area contributed by atoms with E-state index >= 15 is 4.39 Å². The average Bonchev–Trinajstić information content (AvgIpc) is 3.50. The van der Waals surface area contributed by atoms with Crippen LogP contribution in [0.5, 0.6) is 0 Å². The van der Waals surface area contributed by atoms with Crippen molar-refractivity contribution in [1.29, 1.82) is 0 Å². The zero-order valence-corrected chi connectivity index (χ0v) is 18.8. The van der Waals surface area contributed by atoms with E-state index in [2.05, 4.69) is 32.4 Å². The molecule has 0 aliphatic heterocycles. The van der Waals surface area contributed by atoms with Crippen LogP contribution in [0.1, 0.15) is 28.9 Å². The Morgan fingerprint density at radius 2 is 1.86 bits per heavy atom. The molecule has 3 atom stereocenters. The van der Waals surface area contributed by atoms with Gasteiger partial charge in [-0.15, -0.1) is 5.10 Å². The number of hydrogen-bond donors (Lipinski definition) is 1. The van der Waals surface area contributed by atoms with Crippen molar-refractivity contribution in [2.24, 2.45) is 0 Å². The normalized spacial score (nSPS) is 14.7. The van der Waals surface area contributed by atoms with Crippen LogP contribution in [0.4, 0.5) is 22.0 Å². The number of hydrogen-bond acceptors (Lipinski definition) is 5. The monoisotopic (exact) mass is 506 g/mol. The predicted molar refractivity (Wildman–Crippen MR) is 116 cm³/mol. The molecule has 4 rings (SSSR count). The van der Waals surface area contributed by atoms with E-state index in [9.17, 15) is 22.7 Å². The SMILES string of the molecule is OC(Cn1cnnn1)(c1ccc(F)cc1F)C(F)(P)c1ccc(C#Cc2ccn(C(F)F)c2)cn1. The maximum atomic E-state index is 16.3. The van der Waals surface area contributed by atoms with Crippen molar-refractivity contribution in [3.8, 4) is 11.8 Å². The average molecular weight is 506 g/mol. The molecule has 0 saturated heterocycles. The van der Waals surface area contributed by atoms with E-state index in [1.165, 1.54) is 36.8 Å². The molecule has 7 nitrogen and oxygen atoms in total. The molecule has 0 amide bonds. The fourth-order valence-electron chi connectivity index (χ4n) is 3.36. The van der Waals surface area contributed by atoms with Crippen LogP contribution in [0.3, 0.4) is 0 Å². The Hall–Kier alpha value is -3.68. The summed E-state index contributed by atoms with van der Waals surface area (Å²) in [6.07, 6.45) is 4.66. The predicted octanol–water partition coefficient (Wildman–Crippen LogP) is 3.53. The topological polar surface area (TPSA) is 81.6 Å². The van der Waals surface area contributed by atoms with Crippen LogP contribution in [0.2, 0.25) is 0 Å². The fraction of sp³-hybridized carbons (Fsp3) is 0.182. The number of aromatic nitrogens is 6. The molecule has 1 N–H and O–H groups in total. The molecule has 3 aromatic heterocycles. The minimum Gasteiger partial charge on any atom is -0.379 e. The van der Waals surface area contributed by atoms with Crippen LogP contribution >= 0.6 is 9.24 Å². The van der Waals surface area contributed by atoms with E-state index in [1.807, 2.05) is 9.24 Å². The molecule has 180 valence electrons. The summed E-state index contributed by atoms with van der Waals surface area (Å²) in [4.78, 5) is 4.02. The van der Waals surface area contributed by atoms with E-state index in [0.29, 0.717) is 21.8 Å². The van der Waals surface area contributed by atoms with Gasteiger partial charge in [-0.05, 0) is 34.7 Å². The van der Waals surface area contributed by atoms with Crippen molar-refractivity contribution in [3.05, 3.63) is 95.3 Å². The summed E-state index contributed by atoms with van der Waals surface area (Å²) < 4.78 is 71.5. The standard InChI is InChI=1S/C22H16F5N6OP/c23-16-4-5-17(18(24)9-16)21(34,12-33-13-29-30-31-33)22(27,35)19-6-3-14(10-28-19)1-2-15-7-8-32(11-15)20(25)26/h3-11,13,20,34H,12,35H2. The Bertz CT molecular complexity index is 1380. The fourth-order valence-corrected chi connectivity index (χ4v) is 3.77. The maximum Gasteiger partial charge on any atom is 0.318 e. The van der Waals surface area contributed by atoms with Gasteiger partial charge in [0.1, 0.15) is 18.0 Å². The summed E-state index contributed by atoms with van der Waals surface area (Å²) in [6, 6.07) is 6.38. The van der Waals surface area contributed by atoms with Gasteiger partial charge in [0.05, 0.1) is 12.2 Å². The van der Waals surface area contributed by atoms with E-state index in [1.54, 1.807) is 0 Å². The van der Waals surface area contributed by atoms with Crippen LogP contribution in [-0.2, 0) is 17.6 Å². The number of halogens is 5. The van der Waals surface area contributed by atoms with Crippen molar-refractivity contribution in [3.63, 3.8) is 0 Å². The highest BCUT2D eigenvalue weighted by Crippen LogP contribution is 2.50. The van der Waals surface area contributed by atoms with Gasteiger partial charge in [-0.1, -0.05) is 27.1 Å². The summed E-state index contributed by atoms with van der Waals surface area (Å²) in [7, 11) is 1.82. The van der Waals surface area contributed by atoms with E-state index in [-0.39, 0.29) is 5.69 Å². The second kappa shape index (κ2) is 9.52. The molecule has 3 unspecified atom stereocenters. The van der Waals surface area contributed by atoms with Crippen LogP contribution in [0, 0.1) is 23.5 Å². The molecule has 1 aromatic carbocycles. The number of rotatable bonds is 6. The smallest absolute Gasteiger partial charge is 0.318 e. The first kappa shape index (κ1) is 24.4. The Morgan fingerprint density at radius 1 is 1.09 bits per heavy atom. The molecule has 0 spiro atoms. The van der Waals surface area contributed by atoms with Crippen molar-refractivity contribution in [1.82, 2.24) is 29.8 Å². The quantitative estimate of drug-likeness (QED) is 0.246. The number of benzene rings is 1. The molecular formula is C22H16F5N6OP. The molecule has 0 bridgehead atoms. The molecule has 4 aromatic rings. The lowest BCUT2D eigenvalue weighted by molar-refractivity contribution is -0.0840. The Kier molecular flexibility index (Phi) is 6.65. The molecular weight excluding hydrogens is 490 g/mol. The van der Waals surface area contributed by atoms with Gasteiger partial charge < -0.3 is 5.11 Å². The Balaban J connectivity index is 1.68. The second-order valence-electron chi connectivity index (χ2n) is 7.51. The van der Waals surface area contributed by atoms with Gasteiger partial charge in [0.25, 0.3) is 0 Å². The number of aliphatic hydroxyl groups is 1. The van der Waals surface area contributed by atoms with Crippen LogP contribution < -0.4 is 0 Å². The van der Waals surface area contributed by atoms with Crippen molar-refractivity contribution < 1.29 is 27.1 Å². The summed E-state index contributed by atoms with van der Waals surface area (Å²) in [5, 5.41) is 19.1. The maximum absolute atomic E-state index is 16.3. The number of alkyl halides is 3. The Labute approximate surface area is 197 Å². The lowest BCUT2D eigenvalue weighted by atomic mass is 9.85. The van der Waals surface area contributed by atoms with Gasteiger partial charge in [0, 0.05) is 41.3 Å². The Morgan fingerprint density at radius 3 is 2.46 bits per heavy atom. The molecule has 3 heterocycles. The number of pyridine rings is 1. The second-order valence-corrected chi connectivity index (χ2v) is 8.31. The van der Waals surface area contributed by atoms with E-state index in [4.69, 9.17) is 0 Å². The highest BCUT2D eigenvalue weighted by Gasteiger charge is 2.53. The summed E-state index contributed by atoms with van der Waals surface area (Å²) in [6.45, 7) is -3.32. The van der Waals surface area contributed by atoms with Gasteiger partial charge in [0.15, 0.2) is 11.0 Å². The molecule has 0 fully saturated rings. The number of tetrazole rings is 1. The molecule has 35 heavy (non-hydrogen) atoms.